The molecule has 0 aliphatic carbocycles. The number of benzene rings is 1. The molecule has 0 aliphatic rings. The van der Waals surface area contributed by atoms with Crippen LogP contribution in [-0.4, -0.2) is 36.9 Å². The molecule has 1 N–H and O–H groups in total. The van der Waals surface area contributed by atoms with E-state index in [2.05, 4.69) is 33.0 Å². The number of carbonyl (C=O) groups excluding carboxylic acids is 2. The highest BCUT2D eigenvalue weighted by Crippen LogP contribution is 2.32. The number of rotatable bonds is 7. The molecule has 1 aromatic carbocycles. The fourth-order valence-corrected chi connectivity index (χ4v) is 2.68. The molecule has 0 atom stereocenters. The maximum atomic E-state index is 13.0. The van der Waals surface area contributed by atoms with Gasteiger partial charge in [0.1, 0.15) is 5.75 Å². The first-order valence-corrected chi connectivity index (χ1v) is 8.47. The van der Waals surface area contributed by atoms with E-state index in [0.717, 1.165) is 0 Å². The zero-order valence-corrected chi connectivity index (χ0v) is 16.0. The van der Waals surface area contributed by atoms with Crippen molar-refractivity contribution in [1.82, 2.24) is 4.90 Å². The second-order valence-corrected chi connectivity index (χ2v) is 7.12. The number of carbonyl (C=O) groups is 2. The molecule has 5 nitrogen and oxygen atoms in total. The molecule has 0 bridgehead atoms. The first-order chi connectivity index (χ1) is 11.1. The fraction of sp³-hybridized carbons (Fsp3) is 0.556. The Labute approximate surface area is 149 Å². The topological polar surface area (TPSA) is 58.6 Å². The number of ether oxygens (including phenoxy) is 1. The summed E-state index contributed by atoms with van der Waals surface area (Å²) in [6.07, 6.45) is 0. The molecule has 0 fully saturated rings. The first kappa shape index (κ1) is 20.3. The number of anilines is 1. The SMILES string of the molecule is COc1cc(NC(C)=O)c(Cl)cc1C(=O)N(CC(C)C)CC(C)C. The zero-order chi connectivity index (χ0) is 18.4. The van der Waals surface area contributed by atoms with Crippen LogP contribution in [0.25, 0.3) is 0 Å². The van der Waals surface area contributed by atoms with E-state index < -0.39 is 0 Å². The lowest BCUT2D eigenvalue weighted by Crippen LogP contribution is -2.37. The van der Waals surface area contributed by atoms with Crippen LogP contribution in [0.4, 0.5) is 5.69 Å². The number of methoxy groups -OCH3 is 1. The van der Waals surface area contributed by atoms with Crippen molar-refractivity contribution in [3.05, 3.63) is 22.7 Å². The summed E-state index contributed by atoms with van der Waals surface area (Å²) < 4.78 is 5.35. The van der Waals surface area contributed by atoms with Gasteiger partial charge in [0.2, 0.25) is 5.91 Å². The quantitative estimate of drug-likeness (QED) is 0.803. The van der Waals surface area contributed by atoms with E-state index in [9.17, 15) is 9.59 Å². The van der Waals surface area contributed by atoms with Gasteiger partial charge in [0, 0.05) is 26.1 Å². The zero-order valence-electron chi connectivity index (χ0n) is 15.3. The van der Waals surface area contributed by atoms with Crippen LogP contribution in [0.15, 0.2) is 12.1 Å². The Balaban J connectivity index is 3.23. The lowest BCUT2D eigenvalue weighted by atomic mass is 10.1. The van der Waals surface area contributed by atoms with Gasteiger partial charge in [-0.1, -0.05) is 39.3 Å². The molecule has 134 valence electrons. The van der Waals surface area contributed by atoms with E-state index in [0.29, 0.717) is 46.9 Å². The minimum Gasteiger partial charge on any atom is -0.496 e. The molecule has 0 saturated carbocycles. The van der Waals surface area contributed by atoms with Gasteiger partial charge in [-0.25, -0.2) is 0 Å². The molecule has 0 radical (unpaired) electrons. The lowest BCUT2D eigenvalue weighted by Gasteiger charge is -2.27. The second-order valence-electron chi connectivity index (χ2n) is 6.71. The highest BCUT2D eigenvalue weighted by atomic mass is 35.5. The molecule has 0 heterocycles. The smallest absolute Gasteiger partial charge is 0.257 e. The summed E-state index contributed by atoms with van der Waals surface area (Å²) in [4.78, 5) is 26.1. The largest absolute Gasteiger partial charge is 0.496 e. The summed E-state index contributed by atoms with van der Waals surface area (Å²) in [7, 11) is 1.49. The summed E-state index contributed by atoms with van der Waals surface area (Å²) in [5, 5.41) is 2.94. The van der Waals surface area contributed by atoms with Crippen molar-refractivity contribution >= 4 is 29.1 Å². The molecule has 0 aromatic heterocycles. The predicted octanol–water partition coefficient (Wildman–Crippen LogP) is 4.06. The van der Waals surface area contributed by atoms with Gasteiger partial charge in [0.25, 0.3) is 5.91 Å². The van der Waals surface area contributed by atoms with E-state index in [4.69, 9.17) is 16.3 Å². The molecular formula is C18H27ClN2O3. The molecule has 1 rings (SSSR count). The Morgan fingerprint density at radius 1 is 1.17 bits per heavy atom. The summed E-state index contributed by atoms with van der Waals surface area (Å²) in [5.41, 5.74) is 0.828. The highest BCUT2D eigenvalue weighted by Gasteiger charge is 2.23. The van der Waals surface area contributed by atoms with Gasteiger partial charge < -0.3 is 15.0 Å². The third-order valence-electron chi connectivity index (χ3n) is 3.29. The van der Waals surface area contributed by atoms with Crippen LogP contribution in [0.5, 0.6) is 5.75 Å². The minimum absolute atomic E-state index is 0.120. The van der Waals surface area contributed by atoms with Crippen LogP contribution in [0.1, 0.15) is 45.0 Å². The molecule has 0 aliphatic heterocycles. The van der Waals surface area contributed by atoms with Gasteiger partial charge >= 0.3 is 0 Å². The van der Waals surface area contributed by atoms with Crippen molar-refractivity contribution in [2.45, 2.75) is 34.6 Å². The molecule has 0 unspecified atom stereocenters. The van der Waals surface area contributed by atoms with Crippen LogP contribution in [0.2, 0.25) is 5.02 Å². The van der Waals surface area contributed by atoms with Crippen LogP contribution in [-0.2, 0) is 4.79 Å². The average molecular weight is 355 g/mol. The van der Waals surface area contributed by atoms with Crippen molar-refractivity contribution in [2.24, 2.45) is 11.8 Å². The number of hydrogen-bond donors (Lipinski definition) is 1. The van der Waals surface area contributed by atoms with Crippen molar-refractivity contribution in [1.29, 1.82) is 0 Å². The third kappa shape index (κ3) is 5.71. The minimum atomic E-state index is -0.237. The van der Waals surface area contributed by atoms with Gasteiger partial charge in [0.15, 0.2) is 0 Å². The van der Waals surface area contributed by atoms with Crippen molar-refractivity contribution in [2.75, 3.05) is 25.5 Å². The summed E-state index contributed by atoms with van der Waals surface area (Å²) in [6.45, 7) is 11.0. The average Bonchev–Trinajstić information content (AvgIpc) is 2.46. The summed E-state index contributed by atoms with van der Waals surface area (Å²) in [6, 6.07) is 3.14. The molecule has 6 heteroatoms. The predicted molar refractivity (Wildman–Crippen MR) is 97.9 cm³/mol. The number of nitrogens with one attached hydrogen (secondary N) is 1. The van der Waals surface area contributed by atoms with E-state index >= 15 is 0 Å². The first-order valence-electron chi connectivity index (χ1n) is 8.10. The lowest BCUT2D eigenvalue weighted by molar-refractivity contribution is -0.114. The molecule has 24 heavy (non-hydrogen) atoms. The van der Waals surface area contributed by atoms with Gasteiger partial charge in [-0.05, 0) is 17.9 Å². The van der Waals surface area contributed by atoms with Crippen LogP contribution in [0.3, 0.4) is 0 Å². The van der Waals surface area contributed by atoms with Gasteiger partial charge in [0.05, 0.1) is 23.4 Å². The Bertz CT molecular complexity index is 590. The van der Waals surface area contributed by atoms with E-state index in [1.165, 1.54) is 14.0 Å². The number of nitrogens with zero attached hydrogens (tertiary/aromatic N) is 1. The van der Waals surface area contributed by atoms with Crippen molar-refractivity contribution < 1.29 is 14.3 Å². The maximum Gasteiger partial charge on any atom is 0.257 e. The molecule has 0 saturated heterocycles. The van der Waals surface area contributed by atoms with E-state index in [1.807, 2.05) is 4.90 Å². The van der Waals surface area contributed by atoms with Crippen LogP contribution < -0.4 is 10.1 Å². The summed E-state index contributed by atoms with van der Waals surface area (Å²) >= 11 is 6.22. The Kier molecular flexibility index (Phi) is 7.55. The van der Waals surface area contributed by atoms with E-state index in [1.54, 1.807) is 12.1 Å². The fourth-order valence-electron chi connectivity index (χ4n) is 2.47. The van der Waals surface area contributed by atoms with Crippen molar-refractivity contribution in [3.8, 4) is 5.75 Å². The van der Waals surface area contributed by atoms with Crippen LogP contribution in [0, 0.1) is 11.8 Å². The monoisotopic (exact) mass is 354 g/mol. The maximum absolute atomic E-state index is 13.0. The molecular weight excluding hydrogens is 328 g/mol. The molecule has 1 aromatic rings. The third-order valence-corrected chi connectivity index (χ3v) is 3.60. The van der Waals surface area contributed by atoms with E-state index in [-0.39, 0.29) is 11.8 Å². The summed E-state index contributed by atoms with van der Waals surface area (Å²) in [5.74, 6) is 0.746. The molecule has 2 amide bonds. The Morgan fingerprint density at radius 2 is 1.71 bits per heavy atom. The van der Waals surface area contributed by atoms with Gasteiger partial charge in [-0.3, -0.25) is 9.59 Å². The number of halogens is 1. The second kappa shape index (κ2) is 8.92. The Hall–Kier alpha value is -1.75. The Morgan fingerprint density at radius 3 is 2.12 bits per heavy atom. The highest BCUT2D eigenvalue weighted by molar-refractivity contribution is 6.34. The van der Waals surface area contributed by atoms with Gasteiger partial charge in [-0.2, -0.15) is 0 Å². The standard InChI is InChI=1S/C18H27ClN2O3/c1-11(2)9-21(10-12(3)4)18(23)14-7-15(19)16(20-13(5)22)8-17(14)24-6/h7-8,11-12H,9-10H2,1-6H3,(H,20,22). The number of hydrogen-bond acceptors (Lipinski definition) is 3. The molecule has 0 spiro atoms. The van der Waals surface area contributed by atoms with Crippen LogP contribution >= 0.6 is 11.6 Å². The van der Waals surface area contributed by atoms with Crippen molar-refractivity contribution in [3.63, 3.8) is 0 Å². The van der Waals surface area contributed by atoms with Gasteiger partial charge in [-0.15, -0.1) is 0 Å². The normalized spacial score (nSPS) is 10.9. The number of amides is 2.